The summed E-state index contributed by atoms with van der Waals surface area (Å²) in [6.45, 7) is 7.56. The number of anilines is 1. The van der Waals surface area contributed by atoms with Crippen LogP contribution in [0.5, 0.6) is 0 Å². The molecule has 0 fully saturated rings. The van der Waals surface area contributed by atoms with Crippen LogP contribution in [0, 0.1) is 11.3 Å². The van der Waals surface area contributed by atoms with Gasteiger partial charge in [0.1, 0.15) is 0 Å². The van der Waals surface area contributed by atoms with Gasteiger partial charge in [-0.05, 0) is 42.9 Å². The van der Waals surface area contributed by atoms with Crippen molar-refractivity contribution in [2.45, 2.75) is 19.9 Å². The van der Waals surface area contributed by atoms with Gasteiger partial charge in [0.2, 0.25) is 0 Å². The number of nitrogens with zero attached hydrogens (tertiary/aromatic N) is 3. The van der Waals surface area contributed by atoms with Crippen molar-refractivity contribution in [3.63, 3.8) is 0 Å². The Hall–Kier alpha value is -2.84. The molecular formula is C21H24N4O. The molecule has 1 unspecified atom stereocenters. The van der Waals surface area contributed by atoms with Crippen molar-refractivity contribution in [3.8, 4) is 6.07 Å². The first-order valence-electron chi connectivity index (χ1n) is 9.02. The molecule has 0 spiro atoms. The third-order valence-electron chi connectivity index (χ3n) is 5.12. The van der Waals surface area contributed by atoms with Crippen LogP contribution in [0.4, 0.5) is 5.69 Å². The van der Waals surface area contributed by atoms with E-state index in [1.165, 1.54) is 0 Å². The fraction of sp³-hybridized carbons (Fsp3) is 0.333. The van der Waals surface area contributed by atoms with Crippen molar-refractivity contribution in [1.82, 2.24) is 9.80 Å². The highest BCUT2D eigenvalue weighted by Gasteiger charge is 2.38. The summed E-state index contributed by atoms with van der Waals surface area (Å²) in [5, 5.41) is 9.27. The number of nitrogen functional groups attached to an aromatic ring is 1. The molecule has 0 aliphatic carbocycles. The molecule has 0 saturated heterocycles. The van der Waals surface area contributed by atoms with Gasteiger partial charge in [0.25, 0.3) is 5.91 Å². The van der Waals surface area contributed by atoms with E-state index in [0.29, 0.717) is 17.8 Å². The number of hydrogen-bond donors (Lipinski definition) is 1. The SMILES string of the molecule is CCN(CC)CCN1C(=O)c2ccccc2C1c1cc(C#N)ccc1N. The van der Waals surface area contributed by atoms with Gasteiger partial charge in [-0.1, -0.05) is 32.0 Å². The summed E-state index contributed by atoms with van der Waals surface area (Å²) in [7, 11) is 0. The third-order valence-corrected chi connectivity index (χ3v) is 5.12. The molecule has 1 aliphatic rings. The molecule has 3 rings (SSSR count). The monoisotopic (exact) mass is 348 g/mol. The molecule has 2 aromatic rings. The minimum atomic E-state index is -0.248. The van der Waals surface area contributed by atoms with E-state index in [-0.39, 0.29) is 11.9 Å². The largest absolute Gasteiger partial charge is 0.398 e. The molecule has 0 saturated carbocycles. The second kappa shape index (κ2) is 7.59. The van der Waals surface area contributed by atoms with Gasteiger partial charge in [-0.25, -0.2) is 0 Å². The van der Waals surface area contributed by atoms with Crippen molar-refractivity contribution < 1.29 is 4.79 Å². The fourth-order valence-electron chi connectivity index (χ4n) is 3.61. The van der Waals surface area contributed by atoms with Crippen LogP contribution in [0.1, 0.15) is 46.9 Å². The number of fused-ring (bicyclic) bond motifs is 1. The summed E-state index contributed by atoms with van der Waals surface area (Å²) in [6, 6.07) is 14.9. The van der Waals surface area contributed by atoms with Gasteiger partial charge in [-0.15, -0.1) is 0 Å². The maximum Gasteiger partial charge on any atom is 0.255 e. The van der Waals surface area contributed by atoms with Crippen molar-refractivity contribution in [3.05, 3.63) is 64.7 Å². The minimum Gasteiger partial charge on any atom is -0.398 e. The zero-order chi connectivity index (χ0) is 18.7. The highest BCUT2D eigenvalue weighted by molar-refractivity contribution is 6.00. The lowest BCUT2D eigenvalue weighted by molar-refractivity contribution is 0.0730. The number of nitriles is 1. The normalized spacial score (nSPS) is 16.0. The number of amides is 1. The number of hydrogen-bond acceptors (Lipinski definition) is 4. The second-order valence-corrected chi connectivity index (χ2v) is 6.47. The van der Waals surface area contributed by atoms with Gasteiger partial charge in [0.05, 0.1) is 17.7 Å². The topological polar surface area (TPSA) is 73.4 Å². The van der Waals surface area contributed by atoms with E-state index in [0.717, 1.165) is 36.3 Å². The predicted molar refractivity (Wildman–Crippen MR) is 103 cm³/mol. The van der Waals surface area contributed by atoms with Crippen LogP contribution in [-0.2, 0) is 0 Å². The molecule has 0 aromatic heterocycles. The van der Waals surface area contributed by atoms with Crippen LogP contribution < -0.4 is 5.73 Å². The van der Waals surface area contributed by atoms with Crippen molar-refractivity contribution in [2.24, 2.45) is 0 Å². The maximum atomic E-state index is 13.0. The van der Waals surface area contributed by atoms with Gasteiger partial charge < -0.3 is 15.5 Å². The van der Waals surface area contributed by atoms with E-state index in [2.05, 4.69) is 24.8 Å². The minimum absolute atomic E-state index is 0.0273. The number of nitrogens with two attached hydrogens (primary N) is 1. The number of carbonyl (C=O) groups excluding carboxylic acids is 1. The Morgan fingerprint density at radius 2 is 1.88 bits per heavy atom. The molecule has 2 N–H and O–H groups in total. The Kier molecular flexibility index (Phi) is 5.24. The van der Waals surface area contributed by atoms with E-state index in [1.54, 1.807) is 18.2 Å². The van der Waals surface area contributed by atoms with Gasteiger partial charge in [0.15, 0.2) is 0 Å². The lowest BCUT2D eigenvalue weighted by Crippen LogP contribution is -2.37. The van der Waals surface area contributed by atoms with E-state index >= 15 is 0 Å². The van der Waals surface area contributed by atoms with Crippen LogP contribution in [0.15, 0.2) is 42.5 Å². The summed E-state index contributed by atoms with van der Waals surface area (Å²) >= 11 is 0. The lowest BCUT2D eigenvalue weighted by Gasteiger charge is -2.29. The molecule has 5 nitrogen and oxygen atoms in total. The van der Waals surface area contributed by atoms with Gasteiger partial charge in [-0.3, -0.25) is 4.79 Å². The average Bonchev–Trinajstić information content (AvgIpc) is 2.95. The van der Waals surface area contributed by atoms with E-state index < -0.39 is 0 Å². The van der Waals surface area contributed by atoms with Crippen molar-refractivity contribution >= 4 is 11.6 Å². The average molecular weight is 348 g/mol. The molecule has 1 heterocycles. The van der Waals surface area contributed by atoms with Crippen LogP contribution in [0.25, 0.3) is 0 Å². The fourth-order valence-corrected chi connectivity index (χ4v) is 3.61. The zero-order valence-corrected chi connectivity index (χ0v) is 15.3. The molecule has 134 valence electrons. The van der Waals surface area contributed by atoms with Gasteiger partial charge in [0, 0.05) is 29.9 Å². The molecule has 0 bridgehead atoms. The highest BCUT2D eigenvalue weighted by atomic mass is 16.2. The lowest BCUT2D eigenvalue weighted by atomic mass is 9.95. The molecule has 1 amide bonds. The molecular weight excluding hydrogens is 324 g/mol. The summed E-state index contributed by atoms with van der Waals surface area (Å²) in [4.78, 5) is 17.2. The first-order valence-corrected chi connectivity index (χ1v) is 9.02. The Balaban J connectivity index is 2.03. The molecule has 1 aliphatic heterocycles. The number of likely N-dealkylation sites (N-methyl/N-ethyl adjacent to an activating group) is 1. The molecule has 2 aromatic carbocycles. The standard InChI is InChI=1S/C21H24N4O/c1-3-24(4-2)11-12-25-20(16-7-5-6-8-17(16)21(25)26)18-13-15(14-22)9-10-19(18)23/h5-10,13,20H,3-4,11-12,23H2,1-2H3. The molecule has 0 radical (unpaired) electrons. The summed E-state index contributed by atoms with van der Waals surface area (Å²) in [5.41, 5.74) is 9.89. The maximum absolute atomic E-state index is 13.0. The number of rotatable bonds is 6. The zero-order valence-electron chi connectivity index (χ0n) is 15.3. The Labute approximate surface area is 154 Å². The summed E-state index contributed by atoms with van der Waals surface area (Å²) in [5.74, 6) is 0.0273. The predicted octanol–water partition coefficient (Wildman–Crippen LogP) is 3.03. The van der Waals surface area contributed by atoms with Crippen molar-refractivity contribution in [1.29, 1.82) is 5.26 Å². The van der Waals surface area contributed by atoms with Gasteiger partial charge >= 0.3 is 0 Å². The summed E-state index contributed by atoms with van der Waals surface area (Å²) in [6.07, 6.45) is 0. The van der Waals surface area contributed by atoms with E-state index in [1.807, 2.05) is 29.2 Å². The number of carbonyl (C=O) groups is 1. The highest BCUT2D eigenvalue weighted by Crippen LogP contribution is 2.40. The van der Waals surface area contributed by atoms with E-state index in [9.17, 15) is 10.1 Å². The summed E-state index contributed by atoms with van der Waals surface area (Å²) < 4.78 is 0. The quantitative estimate of drug-likeness (QED) is 0.815. The second-order valence-electron chi connectivity index (χ2n) is 6.47. The van der Waals surface area contributed by atoms with Crippen molar-refractivity contribution in [2.75, 3.05) is 31.9 Å². The Bertz CT molecular complexity index is 851. The van der Waals surface area contributed by atoms with Gasteiger partial charge in [-0.2, -0.15) is 5.26 Å². The Morgan fingerprint density at radius 1 is 1.15 bits per heavy atom. The number of benzene rings is 2. The van der Waals surface area contributed by atoms with Crippen LogP contribution in [-0.4, -0.2) is 41.9 Å². The first kappa shape index (κ1) is 18.0. The van der Waals surface area contributed by atoms with Crippen LogP contribution in [0.2, 0.25) is 0 Å². The first-order chi connectivity index (χ1) is 12.6. The van der Waals surface area contributed by atoms with Crippen LogP contribution in [0.3, 0.4) is 0 Å². The molecule has 5 heteroatoms. The van der Waals surface area contributed by atoms with Crippen LogP contribution >= 0.6 is 0 Å². The van der Waals surface area contributed by atoms with E-state index in [4.69, 9.17) is 5.73 Å². The third kappa shape index (κ3) is 3.16. The smallest absolute Gasteiger partial charge is 0.255 e. The Morgan fingerprint density at radius 3 is 2.58 bits per heavy atom. The molecule has 26 heavy (non-hydrogen) atoms. The molecule has 1 atom stereocenters.